The number of hydrogen-bond acceptors (Lipinski definition) is 8. The van der Waals surface area contributed by atoms with Crippen LogP contribution in [0.3, 0.4) is 0 Å². The topological polar surface area (TPSA) is 93.4 Å². The van der Waals surface area contributed by atoms with Crippen molar-refractivity contribution in [3.05, 3.63) is 53.6 Å². The lowest BCUT2D eigenvalue weighted by Gasteiger charge is -2.43. The number of hydrogen-bond donors (Lipinski definition) is 2. The third-order valence-electron chi connectivity index (χ3n) is 6.72. The zero-order chi connectivity index (χ0) is 23.4. The van der Waals surface area contributed by atoms with E-state index in [4.69, 9.17) is 9.47 Å². The summed E-state index contributed by atoms with van der Waals surface area (Å²) in [6, 6.07) is 13.8. The lowest BCUT2D eigenvalue weighted by Crippen LogP contribution is -2.52. The van der Waals surface area contributed by atoms with Gasteiger partial charge in [0.2, 0.25) is 5.96 Å². The van der Waals surface area contributed by atoms with Crippen molar-refractivity contribution in [1.82, 2.24) is 15.1 Å². The van der Waals surface area contributed by atoms with E-state index in [2.05, 4.69) is 33.1 Å². The van der Waals surface area contributed by atoms with Crippen LogP contribution < -0.4 is 14.8 Å². The van der Waals surface area contributed by atoms with Crippen LogP contribution in [0.1, 0.15) is 37.0 Å². The van der Waals surface area contributed by atoms with E-state index in [0.29, 0.717) is 17.5 Å². The molecule has 2 heterocycles. The molecular formula is C25H31N5O3. The molecule has 8 heteroatoms. The second kappa shape index (κ2) is 10.1. The first-order valence-corrected chi connectivity index (χ1v) is 11.3. The number of fused-ring (bicyclic) bond motifs is 1. The fourth-order valence-corrected chi connectivity index (χ4v) is 4.76. The summed E-state index contributed by atoms with van der Waals surface area (Å²) in [6.07, 6.45) is 3.25. The lowest BCUT2D eigenvalue weighted by molar-refractivity contribution is 0.0325. The number of likely N-dealkylation sites (tertiary alicyclic amines) is 1. The number of guanidine groups is 1. The number of aliphatic imine (C=N–C) groups is 1. The number of aliphatic hydroxyl groups is 1. The van der Waals surface area contributed by atoms with Crippen molar-refractivity contribution in [3.8, 4) is 17.7 Å². The minimum atomic E-state index is -0.638. The van der Waals surface area contributed by atoms with E-state index < -0.39 is 6.10 Å². The zero-order valence-electron chi connectivity index (χ0n) is 19.4. The largest absolute Gasteiger partial charge is 0.493 e. The first kappa shape index (κ1) is 22.9. The molecule has 2 aromatic carbocycles. The van der Waals surface area contributed by atoms with Crippen molar-refractivity contribution in [2.45, 2.75) is 44.5 Å². The van der Waals surface area contributed by atoms with Gasteiger partial charge in [0.15, 0.2) is 17.7 Å². The Bertz CT molecular complexity index is 1040. The van der Waals surface area contributed by atoms with Gasteiger partial charge in [0.25, 0.3) is 0 Å². The summed E-state index contributed by atoms with van der Waals surface area (Å²) in [5, 5.41) is 23.0. The molecular weight excluding hydrogens is 418 g/mol. The van der Waals surface area contributed by atoms with Gasteiger partial charge < -0.3 is 19.5 Å². The Morgan fingerprint density at radius 3 is 2.55 bits per heavy atom. The number of nitrogens with zero attached hydrogens (tertiary/aromatic N) is 4. The molecule has 174 valence electrons. The molecule has 0 spiro atoms. The first-order valence-electron chi connectivity index (χ1n) is 11.3. The van der Waals surface area contributed by atoms with Crippen molar-refractivity contribution < 1.29 is 14.6 Å². The average Bonchev–Trinajstić information content (AvgIpc) is 2.87. The fourth-order valence-electron chi connectivity index (χ4n) is 4.76. The van der Waals surface area contributed by atoms with E-state index in [1.54, 1.807) is 14.2 Å². The van der Waals surface area contributed by atoms with E-state index in [-0.39, 0.29) is 12.1 Å². The normalized spacial score (nSPS) is 18.5. The average molecular weight is 450 g/mol. The number of para-hydroxylation sites is 1. The van der Waals surface area contributed by atoms with Crippen LogP contribution in [0.5, 0.6) is 11.5 Å². The maximum atomic E-state index is 11.0. The van der Waals surface area contributed by atoms with Crippen LogP contribution in [0.4, 0.5) is 5.69 Å². The number of piperidine rings is 1. The Kier molecular flexibility index (Phi) is 7.02. The molecule has 2 aromatic rings. The molecule has 2 aliphatic heterocycles. The molecule has 0 amide bonds. The number of nitriles is 1. The third-order valence-corrected chi connectivity index (χ3v) is 6.72. The number of ether oxygens (including phenoxy) is 2. The fraction of sp³-hybridized carbons (Fsp3) is 0.440. The predicted molar refractivity (Wildman–Crippen MR) is 126 cm³/mol. The van der Waals surface area contributed by atoms with Crippen molar-refractivity contribution in [2.75, 3.05) is 27.3 Å². The Morgan fingerprint density at radius 1 is 1.12 bits per heavy atom. The summed E-state index contributed by atoms with van der Waals surface area (Å²) in [6.45, 7) is 4.50. The van der Waals surface area contributed by atoms with Crippen molar-refractivity contribution in [3.63, 3.8) is 0 Å². The molecule has 2 N–H and O–H groups in total. The highest BCUT2D eigenvalue weighted by Gasteiger charge is 2.33. The molecule has 0 bridgehead atoms. The monoisotopic (exact) mass is 449 g/mol. The van der Waals surface area contributed by atoms with Gasteiger partial charge in [0.05, 0.1) is 26.0 Å². The molecule has 1 fully saturated rings. The standard InChI is InChI=1S/C25H31N5O3/c1-17(24(31)18-8-9-22(32-2)23(14-18)33-3)29-12-10-20(11-13-29)30-15-19-6-4-5-7-21(19)28-25(30)27-16-26/h4-9,14,17,20,24,31H,10-13,15H2,1-3H3,(H,27,28). The van der Waals surface area contributed by atoms with Gasteiger partial charge >= 0.3 is 0 Å². The van der Waals surface area contributed by atoms with Crippen molar-refractivity contribution in [2.24, 2.45) is 4.99 Å². The molecule has 0 aromatic heterocycles. The van der Waals surface area contributed by atoms with Crippen LogP contribution >= 0.6 is 0 Å². The van der Waals surface area contributed by atoms with Crippen LogP contribution in [0.15, 0.2) is 47.5 Å². The van der Waals surface area contributed by atoms with Gasteiger partial charge in [-0.05, 0) is 49.1 Å². The molecule has 0 radical (unpaired) electrons. The highest BCUT2D eigenvalue weighted by molar-refractivity contribution is 5.86. The highest BCUT2D eigenvalue weighted by Crippen LogP contribution is 2.33. The molecule has 0 saturated carbocycles. The Hall–Kier alpha value is -3.28. The van der Waals surface area contributed by atoms with Gasteiger partial charge in [-0.2, -0.15) is 5.26 Å². The molecule has 0 aliphatic carbocycles. The Morgan fingerprint density at radius 2 is 1.85 bits per heavy atom. The van der Waals surface area contributed by atoms with Crippen LogP contribution in [0, 0.1) is 11.5 Å². The van der Waals surface area contributed by atoms with Gasteiger partial charge in [-0.25, -0.2) is 4.99 Å². The van der Waals surface area contributed by atoms with Gasteiger partial charge in [0, 0.05) is 31.7 Å². The van der Waals surface area contributed by atoms with E-state index >= 15 is 0 Å². The van der Waals surface area contributed by atoms with Gasteiger partial charge in [-0.1, -0.05) is 24.3 Å². The van der Waals surface area contributed by atoms with Gasteiger partial charge in [-0.15, -0.1) is 0 Å². The smallest absolute Gasteiger partial charge is 0.213 e. The first-order chi connectivity index (χ1) is 16.0. The van der Waals surface area contributed by atoms with Crippen molar-refractivity contribution >= 4 is 11.6 Å². The molecule has 2 aliphatic rings. The summed E-state index contributed by atoms with van der Waals surface area (Å²) in [5.74, 6) is 1.88. The maximum absolute atomic E-state index is 11.0. The quantitative estimate of drug-likeness (QED) is 0.517. The summed E-state index contributed by atoms with van der Waals surface area (Å²) in [5.41, 5.74) is 2.89. The molecule has 1 saturated heterocycles. The SMILES string of the molecule is COc1ccc(C(O)C(C)N2CCC(N3Cc4ccccc4N=C3NC#N)CC2)cc1OC. The highest BCUT2D eigenvalue weighted by atomic mass is 16.5. The molecule has 2 atom stereocenters. The molecule has 4 rings (SSSR count). The summed E-state index contributed by atoms with van der Waals surface area (Å²) in [7, 11) is 3.20. The van der Waals surface area contributed by atoms with Crippen LogP contribution in [-0.4, -0.2) is 60.3 Å². The number of methoxy groups -OCH3 is 2. The van der Waals surface area contributed by atoms with Gasteiger partial charge in [-0.3, -0.25) is 10.2 Å². The zero-order valence-corrected chi connectivity index (χ0v) is 19.4. The van der Waals surface area contributed by atoms with E-state index in [9.17, 15) is 10.4 Å². The van der Waals surface area contributed by atoms with E-state index in [1.165, 1.54) is 5.56 Å². The minimum absolute atomic E-state index is 0.0449. The molecule has 8 nitrogen and oxygen atoms in total. The number of nitrogens with one attached hydrogen (secondary N) is 1. The Balaban J connectivity index is 1.42. The second-order valence-corrected chi connectivity index (χ2v) is 8.50. The van der Waals surface area contributed by atoms with Crippen LogP contribution in [-0.2, 0) is 6.54 Å². The molecule has 33 heavy (non-hydrogen) atoms. The minimum Gasteiger partial charge on any atom is -0.493 e. The van der Waals surface area contributed by atoms with E-state index in [0.717, 1.165) is 43.7 Å². The number of rotatable bonds is 6. The van der Waals surface area contributed by atoms with Crippen LogP contribution in [0.2, 0.25) is 0 Å². The number of benzene rings is 2. The maximum Gasteiger partial charge on any atom is 0.213 e. The van der Waals surface area contributed by atoms with Gasteiger partial charge in [0.1, 0.15) is 0 Å². The molecule has 2 unspecified atom stereocenters. The summed E-state index contributed by atoms with van der Waals surface area (Å²) in [4.78, 5) is 9.21. The number of aliphatic hydroxyl groups excluding tert-OH is 1. The van der Waals surface area contributed by atoms with E-state index in [1.807, 2.05) is 42.6 Å². The lowest BCUT2D eigenvalue weighted by atomic mass is 9.96. The van der Waals surface area contributed by atoms with Crippen molar-refractivity contribution in [1.29, 1.82) is 5.26 Å². The second-order valence-electron chi connectivity index (χ2n) is 8.50. The third kappa shape index (κ3) is 4.75. The van der Waals surface area contributed by atoms with Crippen LogP contribution in [0.25, 0.3) is 0 Å². The summed E-state index contributed by atoms with van der Waals surface area (Å²) >= 11 is 0. The predicted octanol–water partition coefficient (Wildman–Crippen LogP) is 3.16. The summed E-state index contributed by atoms with van der Waals surface area (Å²) < 4.78 is 10.7. The Labute approximate surface area is 195 Å².